The first kappa shape index (κ1) is 16.5. The lowest BCUT2D eigenvalue weighted by Gasteiger charge is -2.32. The Kier molecular flexibility index (Phi) is 5.48. The van der Waals surface area contributed by atoms with Gasteiger partial charge in [0.25, 0.3) is 0 Å². The first-order chi connectivity index (χ1) is 9.87. The van der Waals surface area contributed by atoms with E-state index in [-0.39, 0.29) is 18.4 Å². The summed E-state index contributed by atoms with van der Waals surface area (Å²) in [7, 11) is 0. The highest BCUT2D eigenvalue weighted by atomic mass is 19.4. The molecule has 2 fully saturated rings. The third-order valence-electron chi connectivity index (χ3n) is 4.21. The summed E-state index contributed by atoms with van der Waals surface area (Å²) in [4.78, 5) is 13.7. The van der Waals surface area contributed by atoms with Crippen molar-refractivity contribution < 1.29 is 22.7 Å². The van der Waals surface area contributed by atoms with Gasteiger partial charge in [-0.3, -0.25) is 4.79 Å². The second kappa shape index (κ2) is 6.96. The summed E-state index contributed by atoms with van der Waals surface area (Å²) in [6, 6.07) is -0.708. The molecular weight excluding hydrogens is 285 g/mol. The molecule has 2 N–H and O–H groups in total. The number of carbonyl (C=O) groups excluding carboxylic acids is 1. The lowest BCUT2D eigenvalue weighted by molar-refractivity contribution is -0.147. The molecule has 1 saturated heterocycles. The van der Waals surface area contributed by atoms with Gasteiger partial charge in [-0.05, 0) is 37.5 Å². The number of amides is 1. The lowest BCUT2D eigenvalue weighted by atomic mass is 9.91. The van der Waals surface area contributed by atoms with Gasteiger partial charge in [0.1, 0.15) is 0 Å². The molecule has 0 aromatic rings. The molecule has 1 heterocycles. The van der Waals surface area contributed by atoms with E-state index >= 15 is 0 Å². The summed E-state index contributed by atoms with van der Waals surface area (Å²) in [5, 5.41) is 0. The van der Waals surface area contributed by atoms with Crippen molar-refractivity contribution in [3.63, 3.8) is 0 Å². The Morgan fingerprint density at radius 1 is 1.24 bits per heavy atom. The second-order valence-corrected chi connectivity index (χ2v) is 6.07. The molecule has 122 valence electrons. The Morgan fingerprint density at radius 2 is 1.86 bits per heavy atom. The molecule has 1 atom stereocenters. The van der Waals surface area contributed by atoms with Crippen molar-refractivity contribution in [1.29, 1.82) is 0 Å². The summed E-state index contributed by atoms with van der Waals surface area (Å²) in [6.07, 6.45) is -1.84. The zero-order valence-corrected chi connectivity index (χ0v) is 12.1. The van der Waals surface area contributed by atoms with E-state index in [1.165, 1.54) is 4.90 Å². The average Bonchev–Trinajstić information content (AvgIpc) is 3.26. The molecule has 1 unspecified atom stereocenters. The number of halogens is 3. The van der Waals surface area contributed by atoms with Crippen molar-refractivity contribution >= 4 is 5.91 Å². The SMILES string of the molecule is NC(C(=O)N(CCC(F)(F)F)CC1CC1)C1CCOCC1. The van der Waals surface area contributed by atoms with Gasteiger partial charge in [0, 0.05) is 26.3 Å². The highest BCUT2D eigenvalue weighted by molar-refractivity contribution is 5.82. The van der Waals surface area contributed by atoms with Crippen LogP contribution in [0.15, 0.2) is 0 Å². The fourth-order valence-electron chi connectivity index (χ4n) is 2.65. The van der Waals surface area contributed by atoms with Crippen molar-refractivity contribution in [3.8, 4) is 0 Å². The summed E-state index contributed by atoms with van der Waals surface area (Å²) in [6.45, 7) is 1.26. The van der Waals surface area contributed by atoms with E-state index in [2.05, 4.69) is 0 Å². The minimum Gasteiger partial charge on any atom is -0.381 e. The van der Waals surface area contributed by atoms with Crippen LogP contribution >= 0.6 is 0 Å². The fourth-order valence-corrected chi connectivity index (χ4v) is 2.65. The number of nitrogens with two attached hydrogens (primary N) is 1. The van der Waals surface area contributed by atoms with Gasteiger partial charge in [-0.15, -0.1) is 0 Å². The normalized spacial score (nSPS) is 22.1. The van der Waals surface area contributed by atoms with Crippen LogP contribution in [-0.4, -0.2) is 49.3 Å². The van der Waals surface area contributed by atoms with Crippen molar-refractivity contribution in [2.75, 3.05) is 26.3 Å². The van der Waals surface area contributed by atoms with Crippen LogP contribution in [0.1, 0.15) is 32.1 Å². The Hall–Kier alpha value is -0.820. The topological polar surface area (TPSA) is 55.6 Å². The maximum Gasteiger partial charge on any atom is 0.390 e. The van der Waals surface area contributed by atoms with Gasteiger partial charge in [-0.2, -0.15) is 13.2 Å². The molecular formula is C14H23F3N2O2. The molecule has 1 saturated carbocycles. The van der Waals surface area contributed by atoms with Gasteiger partial charge in [0.15, 0.2) is 0 Å². The summed E-state index contributed by atoms with van der Waals surface area (Å²) < 4.78 is 42.4. The van der Waals surface area contributed by atoms with Gasteiger partial charge < -0.3 is 15.4 Å². The van der Waals surface area contributed by atoms with Gasteiger partial charge in [0.05, 0.1) is 12.5 Å². The van der Waals surface area contributed by atoms with Gasteiger partial charge in [-0.1, -0.05) is 0 Å². The van der Waals surface area contributed by atoms with Crippen LogP contribution in [0.5, 0.6) is 0 Å². The average molecular weight is 308 g/mol. The number of hydrogen-bond donors (Lipinski definition) is 1. The Morgan fingerprint density at radius 3 is 2.38 bits per heavy atom. The molecule has 21 heavy (non-hydrogen) atoms. The molecule has 1 aliphatic heterocycles. The fraction of sp³-hybridized carbons (Fsp3) is 0.929. The molecule has 0 spiro atoms. The van der Waals surface area contributed by atoms with E-state index in [0.717, 1.165) is 12.8 Å². The predicted octanol–water partition coefficient (Wildman–Crippen LogP) is 1.93. The number of hydrogen-bond acceptors (Lipinski definition) is 3. The Labute approximate surface area is 122 Å². The van der Waals surface area contributed by atoms with E-state index in [4.69, 9.17) is 10.5 Å². The van der Waals surface area contributed by atoms with E-state index in [0.29, 0.717) is 38.5 Å². The minimum absolute atomic E-state index is 0.0128. The Bertz CT molecular complexity index is 353. The van der Waals surface area contributed by atoms with Gasteiger partial charge in [-0.25, -0.2) is 0 Å². The summed E-state index contributed by atoms with van der Waals surface area (Å²) >= 11 is 0. The van der Waals surface area contributed by atoms with E-state index < -0.39 is 18.6 Å². The number of carbonyl (C=O) groups is 1. The van der Waals surface area contributed by atoms with Crippen LogP contribution < -0.4 is 5.73 Å². The first-order valence-electron chi connectivity index (χ1n) is 7.55. The molecule has 0 aromatic heterocycles. The van der Waals surface area contributed by atoms with Gasteiger partial charge >= 0.3 is 6.18 Å². The monoisotopic (exact) mass is 308 g/mol. The molecule has 0 aromatic carbocycles. The molecule has 4 nitrogen and oxygen atoms in total. The third kappa shape index (κ3) is 5.47. The minimum atomic E-state index is -4.25. The summed E-state index contributed by atoms with van der Waals surface area (Å²) in [5.41, 5.74) is 6.00. The van der Waals surface area contributed by atoms with Crippen molar-refractivity contribution in [2.24, 2.45) is 17.6 Å². The lowest BCUT2D eigenvalue weighted by Crippen LogP contribution is -2.50. The predicted molar refractivity (Wildman–Crippen MR) is 71.5 cm³/mol. The van der Waals surface area contributed by atoms with Crippen LogP contribution in [0.4, 0.5) is 13.2 Å². The zero-order valence-electron chi connectivity index (χ0n) is 12.1. The zero-order chi connectivity index (χ0) is 15.5. The van der Waals surface area contributed by atoms with Crippen LogP contribution in [0.2, 0.25) is 0 Å². The highest BCUT2D eigenvalue weighted by Gasteiger charge is 2.35. The Balaban J connectivity index is 1.91. The van der Waals surface area contributed by atoms with Crippen LogP contribution in [-0.2, 0) is 9.53 Å². The number of alkyl halides is 3. The van der Waals surface area contributed by atoms with Crippen LogP contribution in [0.3, 0.4) is 0 Å². The van der Waals surface area contributed by atoms with Crippen LogP contribution in [0.25, 0.3) is 0 Å². The molecule has 2 rings (SSSR count). The third-order valence-corrected chi connectivity index (χ3v) is 4.21. The smallest absolute Gasteiger partial charge is 0.381 e. The van der Waals surface area contributed by atoms with Crippen LogP contribution in [0, 0.1) is 11.8 Å². The number of ether oxygens (including phenoxy) is 1. The number of rotatable bonds is 6. The molecule has 1 amide bonds. The van der Waals surface area contributed by atoms with E-state index in [1.807, 2.05) is 0 Å². The standard InChI is InChI=1S/C14H23F3N2O2/c15-14(16,17)5-6-19(9-10-1-2-10)13(20)12(18)11-3-7-21-8-4-11/h10-12H,1-9,18H2. The van der Waals surface area contributed by atoms with Gasteiger partial charge in [0.2, 0.25) is 5.91 Å². The summed E-state index contributed by atoms with van der Waals surface area (Å²) in [5.74, 6) is 0.0287. The largest absolute Gasteiger partial charge is 0.390 e. The maximum atomic E-state index is 12.4. The molecule has 1 aliphatic carbocycles. The maximum absolute atomic E-state index is 12.4. The van der Waals surface area contributed by atoms with Crippen molar-refractivity contribution in [1.82, 2.24) is 4.90 Å². The van der Waals surface area contributed by atoms with E-state index in [9.17, 15) is 18.0 Å². The molecule has 0 radical (unpaired) electrons. The first-order valence-corrected chi connectivity index (χ1v) is 7.55. The molecule has 7 heteroatoms. The quantitative estimate of drug-likeness (QED) is 0.816. The molecule has 2 aliphatic rings. The molecule has 0 bridgehead atoms. The number of nitrogens with zero attached hydrogens (tertiary/aromatic N) is 1. The van der Waals surface area contributed by atoms with Crippen molar-refractivity contribution in [3.05, 3.63) is 0 Å². The van der Waals surface area contributed by atoms with Crippen molar-refractivity contribution in [2.45, 2.75) is 44.3 Å². The highest BCUT2D eigenvalue weighted by Crippen LogP contribution is 2.31. The second-order valence-electron chi connectivity index (χ2n) is 6.07. The van der Waals surface area contributed by atoms with E-state index in [1.54, 1.807) is 0 Å².